The molecule has 0 fully saturated rings. The first-order valence-electron chi connectivity index (χ1n) is 5.37. The van der Waals surface area contributed by atoms with Crippen molar-refractivity contribution in [3.8, 4) is 0 Å². The molecule has 0 atom stereocenters. The summed E-state index contributed by atoms with van der Waals surface area (Å²) in [5.41, 5.74) is 0.885. The van der Waals surface area contributed by atoms with Crippen molar-refractivity contribution in [1.82, 2.24) is 9.78 Å². The molecule has 0 aromatic carbocycles. The number of nitrogens with one attached hydrogen (secondary N) is 1. The summed E-state index contributed by atoms with van der Waals surface area (Å²) >= 11 is 0. The molecule has 5 nitrogen and oxygen atoms in total. The van der Waals surface area contributed by atoms with Crippen molar-refractivity contribution in [2.24, 2.45) is 0 Å². The molecule has 16 heavy (non-hydrogen) atoms. The van der Waals surface area contributed by atoms with Gasteiger partial charge in [-0.05, 0) is 6.42 Å². The maximum Gasteiger partial charge on any atom is 0.0911 e. The smallest absolute Gasteiger partial charge is 0.0911 e. The summed E-state index contributed by atoms with van der Waals surface area (Å²) in [5, 5.41) is 15.7. The first-order chi connectivity index (χ1) is 7.86. The average molecular weight is 231 g/mol. The Labute approximate surface area is 94.2 Å². The van der Waals surface area contributed by atoms with Crippen LogP contribution < -0.4 is 5.32 Å². The molecular formula is C10H18FN3O2. The first-order valence-corrected chi connectivity index (χ1v) is 5.37. The second kappa shape index (κ2) is 8.06. The number of rotatable bonds is 9. The molecule has 0 unspecified atom stereocenters. The van der Waals surface area contributed by atoms with Crippen molar-refractivity contribution in [1.29, 1.82) is 0 Å². The Morgan fingerprint density at radius 2 is 2.38 bits per heavy atom. The Kier molecular flexibility index (Phi) is 6.52. The first kappa shape index (κ1) is 12.9. The number of aliphatic hydroxyl groups excluding tert-OH is 1. The lowest BCUT2D eigenvalue weighted by Crippen LogP contribution is -2.08. The van der Waals surface area contributed by atoms with Crippen molar-refractivity contribution in [2.75, 3.05) is 38.4 Å². The fraction of sp³-hybridized carbons (Fsp3) is 0.700. The van der Waals surface area contributed by atoms with Crippen molar-refractivity contribution < 1.29 is 14.2 Å². The molecule has 2 N–H and O–H groups in total. The third kappa shape index (κ3) is 5.09. The maximum absolute atomic E-state index is 11.8. The summed E-state index contributed by atoms with van der Waals surface area (Å²) in [6.07, 6.45) is 4.05. The van der Waals surface area contributed by atoms with Crippen LogP contribution >= 0.6 is 0 Å². The number of hydrogen-bond donors (Lipinski definition) is 2. The van der Waals surface area contributed by atoms with Crippen LogP contribution in [-0.2, 0) is 11.3 Å². The third-order valence-electron chi connectivity index (χ3n) is 1.97. The van der Waals surface area contributed by atoms with Gasteiger partial charge >= 0.3 is 0 Å². The van der Waals surface area contributed by atoms with E-state index < -0.39 is 0 Å². The monoisotopic (exact) mass is 231 g/mol. The van der Waals surface area contributed by atoms with Gasteiger partial charge in [-0.15, -0.1) is 0 Å². The molecule has 0 radical (unpaired) electrons. The molecule has 0 aliphatic heterocycles. The van der Waals surface area contributed by atoms with E-state index in [4.69, 9.17) is 9.84 Å². The van der Waals surface area contributed by atoms with Crippen LogP contribution in [0.5, 0.6) is 0 Å². The maximum atomic E-state index is 11.8. The number of anilines is 1. The van der Waals surface area contributed by atoms with Crippen molar-refractivity contribution in [2.45, 2.75) is 13.0 Å². The summed E-state index contributed by atoms with van der Waals surface area (Å²) < 4.78 is 18.7. The van der Waals surface area contributed by atoms with E-state index in [2.05, 4.69) is 10.4 Å². The number of nitrogens with zero attached hydrogens (tertiary/aromatic N) is 2. The van der Waals surface area contributed by atoms with E-state index in [1.54, 1.807) is 10.9 Å². The lowest BCUT2D eigenvalue weighted by atomic mass is 10.4. The highest BCUT2D eigenvalue weighted by atomic mass is 19.1. The second-order valence-corrected chi connectivity index (χ2v) is 3.30. The molecule has 1 rings (SSSR count). The van der Waals surface area contributed by atoms with E-state index in [-0.39, 0.29) is 13.3 Å². The fourth-order valence-corrected chi connectivity index (χ4v) is 1.20. The van der Waals surface area contributed by atoms with Crippen molar-refractivity contribution in [3.05, 3.63) is 12.4 Å². The summed E-state index contributed by atoms with van der Waals surface area (Å²) in [6, 6.07) is 0. The van der Waals surface area contributed by atoms with Gasteiger partial charge in [0.2, 0.25) is 0 Å². The van der Waals surface area contributed by atoms with Gasteiger partial charge in [0.25, 0.3) is 0 Å². The van der Waals surface area contributed by atoms with Gasteiger partial charge < -0.3 is 15.2 Å². The quantitative estimate of drug-likeness (QED) is 0.613. The zero-order chi connectivity index (χ0) is 11.6. The molecule has 0 amide bonds. The van der Waals surface area contributed by atoms with Gasteiger partial charge in [0.1, 0.15) is 0 Å². The normalized spacial score (nSPS) is 10.6. The number of alkyl halides is 1. The SMILES string of the molecule is OCCOCCn1cc(NCCCF)cn1. The molecule has 0 bridgehead atoms. The molecule has 1 heterocycles. The summed E-state index contributed by atoms with van der Waals surface area (Å²) in [7, 11) is 0. The molecule has 0 saturated heterocycles. The summed E-state index contributed by atoms with van der Waals surface area (Å²) in [5.74, 6) is 0. The van der Waals surface area contributed by atoms with Crippen molar-refractivity contribution in [3.63, 3.8) is 0 Å². The lowest BCUT2D eigenvalue weighted by Gasteiger charge is -2.02. The minimum atomic E-state index is -0.309. The van der Waals surface area contributed by atoms with Crippen LogP contribution in [0.1, 0.15) is 6.42 Å². The van der Waals surface area contributed by atoms with Crippen LogP contribution in [0.2, 0.25) is 0 Å². The highest BCUT2D eigenvalue weighted by Crippen LogP contribution is 2.04. The molecule has 0 saturated carbocycles. The minimum absolute atomic E-state index is 0.0368. The number of aliphatic hydroxyl groups is 1. The average Bonchev–Trinajstić information content (AvgIpc) is 2.73. The standard InChI is InChI=1S/C10H18FN3O2/c11-2-1-3-12-10-8-13-14(9-10)4-6-16-7-5-15/h8-9,12,15H,1-7H2. The van der Waals surface area contributed by atoms with E-state index >= 15 is 0 Å². The molecule has 1 aromatic rings. The Balaban J connectivity index is 2.17. The van der Waals surface area contributed by atoms with Crippen LogP contribution in [-0.4, -0.2) is 47.9 Å². The Morgan fingerprint density at radius 3 is 3.12 bits per heavy atom. The number of hydrogen-bond acceptors (Lipinski definition) is 4. The van der Waals surface area contributed by atoms with Crippen LogP contribution in [0.25, 0.3) is 0 Å². The number of ether oxygens (including phenoxy) is 1. The number of halogens is 1. The predicted molar refractivity (Wildman–Crippen MR) is 59.2 cm³/mol. The van der Waals surface area contributed by atoms with Crippen LogP contribution in [0, 0.1) is 0 Å². The molecule has 6 heteroatoms. The molecule has 0 aliphatic carbocycles. The molecule has 1 aromatic heterocycles. The van der Waals surface area contributed by atoms with Crippen LogP contribution in [0.15, 0.2) is 12.4 Å². The van der Waals surface area contributed by atoms with Gasteiger partial charge in [-0.2, -0.15) is 5.10 Å². The topological polar surface area (TPSA) is 59.3 Å². The molecule has 92 valence electrons. The minimum Gasteiger partial charge on any atom is -0.394 e. The molecular weight excluding hydrogens is 213 g/mol. The predicted octanol–water partition coefficient (Wildman–Crippen LogP) is 0.663. The van der Waals surface area contributed by atoms with E-state index in [1.807, 2.05) is 6.20 Å². The van der Waals surface area contributed by atoms with Gasteiger partial charge in [0.05, 0.1) is 44.9 Å². The van der Waals surface area contributed by atoms with E-state index in [1.165, 1.54) is 0 Å². The van der Waals surface area contributed by atoms with Crippen molar-refractivity contribution >= 4 is 5.69 Å². The number of aromatic nitrogens is 2. The summed E-state index contributed by atoms with van der Waals surface area (Å²) in [6.45, 7) is 1.86. The second-order valence-electron chi connectivity index (χ2n) is 3.30. The Bertz CT molecular complexity index is 281. The Hall–Kier alpha value is -1.14. The lowest BCUT2D eigenvalue weighted by molar-refractivity contribution is 0.0854. The largest absolute Gasteiger partial charge is 0.394 e. The van der Waals surface area contributed by atoms with Gasteiger partial charge in [-0.25, -0.2) is 0 Å². The van der Waals surface area contributed by atoms with Gasteiger partial charge in [0, 0.05) is 12.7 Å². The summed E-state index contributed by atoms with van der Waals surface area (Å²) in [4.78, 5) is 0. The fourth-order valence-electron chi connectivity index (χ4n) is 1.20. The highest BCUT2D eigenvalue weighted by Gasteiger charge is 1.97. The van der Waals surface area contributed by atoms with E-state index in [0.717, 1.165) is 5.69 Å². The van der Waals surface area contributed by atoms with Gasteiger partial charge in [-0.3, -0.25) is 9.07 Å². The molecule has 0 spiro atoms. The molecule has 0 aliphatic rings. The third-order valence-corrected chi connectivity index (χ3v) is 1.97. The Morgan fingerprint density at radius 1 is 1.50 bits per heavy atom. The van der Waals surface area contributed by atoms with Gasteiger partial charge in [-0.1, -0.05) is 0 Å². The zero-order valence-electron chi connectivity index (χ0n) is 9.23. The highest BCUT2D eigenvalue weighted by molar-refractivity contribution is 5.37. The van der Waals surface area contributed by atoms with E-state index in [9.17, 15) is 4.39 Å². The zero-order valence-corrected chi connectivity index (χ0v) is 9.23. The van der Waals surface area contributed by atoms with Crippen LogP contribution in [0.3, 0.4) is 0 Å². The van der Waals surface area contributed by atoms with Crippen LogP contribution in [0.4, 0.5) is 10.1 Å². The van der Waals surface area contributed by atoms with Gasteiger partial charge in [0.15, 0.2) is 0 Å². The van der Waals surface area contributed by atoms with E-state index in [0.29, 0.717) is 32.7 Å².